The van der Waals surface area contributed by atoms with Crippen LogP contribution in [0.5, 0.6) is 0 Å². The van der Waals surface area contributed by atoms with Crippen molar-refractivity contribution in [3.05, 3.63) is 6.07 Å². The molecule has 0 unspecified atom stereocenters. The normalized spacial score (nSPS) is 24.4. The van der Waals surface area contributed by atoms with Crippen LogP contribution in [0.25, 0.3) is 0 Å². The highest BCUT2D eigenvalue weighted by molar-refractivity contribution is 5.51. The van der Waals surface area contributed by atoms with E-state index in [4.69, 9.17) is 5.73 Å². The molecule has 1 aromatic rings. The van der Waals surface area contributed by atoms with Gasteiger partial charge in [0.2, 0.25) is 5.95 Å². The Morgan fingerprint density at radius 3 is 2.60 bits per heavy atom. The summed E-state index contributed by atoms with van der Waals surface area (Å²) in [5, 5.41) is 6.31. The fraction of sp³-hybridized carbons (Fsp3) is 0.600. The molecule has 1 aliphatic rings. The summed E-state index contributed by atoms with van der Waals surface area (Å²) in [4.78, 5) is 8.18. The van der Waals surface area contributed by atoms with E-state index < -0.39 is 0 Å². The van der Waals surface area contributed by atoms with Crippen LogP contribution < -0.4 is 16.4 Å². The predicted octanol–water partition coefficient (Wildman–Crippen LogP) is 1.31. The van der Waals surface area contributed by atoms with E-state index in [2.05, 4.69) is 27.5 Å². The molecule has 82 valence electrons. The molecule has 5 nitrogen and oxygen atoms in total. The van der Waals surface area contributed by atoms with Crippen molar-refractivity contribution in [2.45, 2.75) is 25.8 Å². The zero-order valence-electron chi connectivity index (χ0n) is 9.12. The maximum absolute atomic E-state index is 5.60. The number of anilines is 3. The number of hydrogen-bond acceptors (Lipinski definition) is 5. The second-order valence-electron chi connectivity index (χ2n) is 4.16. The Balaban J connectivity index is 2.04. The molecule has 0 amide bonds. The Kier molecular flexibility index (Phi) is 2.62. The van der Waals surface area contributed by atoms with Gasteiger partial charge >= 0.3 is 0 Å². The minimum absolute atomic E-state index is 0.303. The third kappa shape index (κ3) is 2.29. The monoisotopic (exact) mass is 207 g/mol. The highest BCUT2D eigenvalue weighted by Gasteiger charge is 2.25. The molecule has 1 aromatic heterocycles. The second kappa shape index (κ2) is 3.92. The van der Waals surface area contributed by atoms with Crippen LogP contribution in [0.3, 0.4) is 0 Å². The van der Waals surface area contributed by atoms with Gasteiger partial charge in [-0.2, -0.15) is 9.97 Å². The van der Waals surface area contributed by atoms with Crippen molar-refractivity contribution in [3.63, 3.8) is 0 Å². The van der Waals surface area contributed by atoms with E-state index in [1.807, 2.05) is 13.1 Å². The molecule has 0 atom stereocenters. The van der Waals surface area contributed by atoms with Crippen molar-refractivity contribution in [2.75, 3.05) is 23.4 Å². The lowest BCUT2D eigenvalue weighted by Gasteiger charge is -2.33. The molecule has 1 fully saturated rings. The van der Waals surface area contributed by atoms with Crippen LogP contribution in [0.15, 0.2) is 6.07 Å². The van der Waals surface area contributed by atoms with E-state index in [0.717, 1.165) is 17.6 Å². The summed E-state index contributed by atoms with van der Waals surface area (Å²) in [6, 6.07) is 2.42. The minimum atomic E-state index is 0.303. The van der Waals surface area contributed by atoms with E-state index >= 15 is 0 Å². The van der Waals surface area contributed by atoms with Crippen molar-refractivity contribution in [2.24, 2.45) is 5.92 Å². The van der Waals surface area contributed by atoms with E-state index in [0.29, 0.717) is 12.0 Å². The Hall–Kier alpha value is -1.52. The summed E-state index contributed by atoms with van der Waals surface area (Å²) in [5.74, 6) is 2.68. The smallest absolute Gasteiger partial charge is 0.223 e. The van der Waals surface area contributed by atoms with Crippen molar-refractivity contribution < 1.29 is 0 Å². The Bertz CT molecular complexity index is 346. The van der Waals surface area contributed by atoms with Crippen molar-refractivity contribution in [1.29, 1.82) is 0 Å². The Morgan fingerprint density at radius 1 is 1.33 bits per heavy atom. The first-order chi connectivity index (χ1) is 7.17. The van der Waals surface area contributed by atoms with Crippen LogP contribution in [0, 0.1) is 5.92 Å². The molecule has 1 saturated carbocycles. The van der Waals surface area contributed by atoms with Gasteiger partial charge in [0.15, 0.2) is 0 Å². The summed E-state index contributed by atoms with van der Waals surface area (Å²) in [6.45, 7) is 2.26. The van der Waals surface area contributed by atoms with Crippen LogP contribution in [-0.2, 0) is 0 Å². The molecule has 0 bridgehead atoms. The SMILES string of the molecule is CNc1cc(NC2CC(C)C2)nc(N)n1. The van der Waals surface area contributed by atoms with Crippen LogP contribution in [0.1, 0.15) is 19.8 Å². The average Bonchev–Trinajstić information content (AvgIpc) is 2.14. The number of aromatic nitrogens is 2. The lowest BCUT2D eigenvalue weighted by atomic mass is 9.82. The molecule has 1 aliphatic carbocycles. The van der Waals surface area contributed by atoms with Gasteiger partial charge in [-0.05, 0) is 18.8 Å². The number of nitrogen functional groups attached to an aromatic ring is 1. The standard InChI is InChI=1S/C10H17N5/c1-6-3-7(4-6)13-9-5-8(12-2)14-10(11)15-9/h5-7H,3-4H2,1-2H3,(H4,11,12,13,14,15). The molecular weight excluding hydrogens is 190 g/mol. The predicted molar refractivity (Wildman–Crippen MR) is 61.8 cm³/mol. The fourth-order valence-corrected chi connectivity index (χ4v) is 1.90. The third-order valence-electron chi connectivity index (χ3n) is 2.73. The van der Waals surface area contributed by atoms with E-state index in [1.165, 1.54) is 12.8 Å². The van der Waals surface area contributed by atoms with Gasteiger partial charge in [-0.3, -0.25) is 0 Å². The second-order valence-corrected chi connectivity index (χ2v) is 4.16. The van der Waals surface area contributed by atoms with Crippen LogP contribution in [0.2, 0.25) is 0 Å². The topological polar surface area (TPSA) is 75.9 Å². The van der Waals surface area contributed by atoms with E-state index in [1.54, 1.807) is 0 Å². The molecule has 5 heteroatoms. The molecule has 0 aromatic carbocycles. The maximum Gasteiger partial charge on any atom is 0.223 e. The largest absolute Gasteiger partial charge is 0.373 e. The highest BCUT2D eigenvalue weighted by Crippen LogP contribution is 2.29. The average molecular weight is 207 g/mol. The molecule has 2 rings (SSSR count). The molecule has 1 heterocycles. The highest BCUT2D eigenvalue weighted by atomic mass is 15.1. The van der Waals surface area contributed by atoms with E-state index in [-0.39, 0.29) is 0 Å². The van der Waals surface area contributed by atoms with Gasteiger partial charge < -0.3 is 16.4 Å². The molecule has 0 saturated heterocycles. The van der Waals surface area contributed by atoms with Gasteiger partial charge in [-0.15, -0.1) is 0 Å². The number of nitrogens with two attached hydrogens (primary N) is 1. The minimum Gasteiger partial charge on any atom is -0.373 e. The number of nitrogens with one attached hydrogen (secondary N) is 2. The quantitative estimate of drug-likeness (QED) is 0.696. The van der Waals surface area contributed by atoms with Gasteiger partial charge in [0, 0.05) is 19.2 Å². The van der Waals surface area contributed by atoms with Gasteiger partial charge in [-0.25, -0.2) is 0 Å². The fourth-order valence-electron chi connectivity index (χ4n) is 1.90. The maximum atomic E-state index is 5.60. The van der Waals surface area contributed by atoms with E-state index in [9.17, 15) is 0 Å². The first kappa shape index (κ1) is 10.0. The van der Waals surface area contributed by atoms with Crippen LogP contribution in [0.4, 0.5) is 17.6 Å². The summed E-state index contributed by atoms with van der Waals surface area (Å²) in [7, 11) is 1.82. The Labute approximate surface area is 89.5 Å². The lowest BCUT2D eigenvalue weighted by molar-refractivity contribution is 0.308. The van der Waals surface area contributed by atoms with Gasteiger partial charge in [0.05, 0.1) is 0 Å². The van der Waals surface area contributed by atoms with Gasteiger partial charge in [0.1, 0.15) is 11.6 Å². The van der Waals surface area contributed by atoms with Crippen molar-refractivity contribution in [3.8, 4) is 0 Å². The summed E-state index contributed by atoms with van der Waals surface area (Å²) in [5.41, 5.74) is 5.60. The number of nitrogens with zero attached hydrogens (tertiary/aromatic N) is 2. The number of rotatable bonds is 3. The summed E-state index contributed by atoms with van der Waals surface area (Å²) < 4.78 is 0. The van der Waals surface area contributed by atoms with Crippen molar-refractivity contribution in [1.82, 2.24) is 9.97 Å². The van der Waals surface area contributed by atoms with Crippen LogP contribution >= 0.6 is 0 Å². The Morgan fingerprint density at radius 2 is 2.00 bits per heavy atom. The zero-order valence-corrected chi connectivity index (χ0v) is 9.12. The van der Waals surface area contributed by atoms with Crippen molar-refractivity contribution >= 4 is 17.6 Å². The molecular formula is C10H17N5. The molecule has 4 N–H and O–H groups in total. The van der Waals surface area contributed by atoms with Crippen LogP contribution in [-0.4, -0.2) is 23.1 Å². The summed E-state index contributed by atoms with van der Waals surface area (Å²) >= 11 is 0. The zero-order chi connectivity index (χ0) is 10.8. The van der Waals surface area contributed by atoms with Gasteiger partial charge in [0.25, 0.3) is 0 Å². The molecule has 0 radical (unpaired) electrons. The molecule has 0 aliphatic heterocycles. The lowest BCUT2D eigenvalue weighted by Crippen LogP contribution is -2.34. The molecule has 0 spiro atoms. The van der Waals surface area contributed by atoms with Gasteiger partial charge in [-0.1, -0.05) is 6.92 Å². The molecule has 15 heavy (non-hydrogen) atoms. The number of hydrogen-bond donors (Lipinski definition) is 3. The third-order valence-corrected chi connectivity index (χ3v) is 2.73. The first-order valence-electron chi connectivity index (χ1n) is 5.26. The summed E-state index contributed by atoms with van der Waals surface area (Å²) in [6.07, 6.45) is 2.41. The first-order valence-corrected chi connectivity index (χ1v) is 5.26.